The molecule has 0 fully saturated rings. The van der Waals surface area contributed by atoms with Crippen molar-refractivity contribution in [2.24, 2.45) is 7.05 Å². The summed E-state index contributed by atoms with van der Waals surface area (Å²) >= 11 is 0. The largest absolute Gasteiger partial charge is 0.356 e. The Hall–Kier alpha value is -2.37. The average molecular weight is 235 g/mol. The molecular weight excluding hydrogens is 222 g/mol. The van der Waals surface area contributed by atoms with Crippen LogP contribution in [0.4, 0.5) is 0 Å². The smallest absolute Gasteiger partial charge is 0.251 e. The highest BCUT2D eigenvalue weighted by Crippen LogP contribution is 2.13. The van der Waals surface area contributed by atoms with Crippen LogP contribution in [0.5, 0.6) is 0 Å². The summed E-state index contributed by atoms with van der Waals surface area (Å²) in [4.78, 5) is 11.4. The molecule has 1 heterocycles. The molecule has 90 valence electrons. The summed E-state index contributed by atoms with van der Waals surface area (Å²) in [5, 5.41) is 14.8. The molecule has 0 atom stereocenters. The fraction of sp³-hybridized carbons (Fsp3) is 0.182. The zero-order chi connectivity index (χ0) is 12.8. The van der Waals surface area contributed by atoms with Gasteiger partial charge in [0.25, 0.3) is 5.82 Å². The molecule has 0 unspecified atom stereocenters. The minimum absolute atomic E-state index is 1.17. The maximum atomic E-state index is 8.25. The second-order valence-corrected chi connectivity index (χ2v) is 3.41. The number of nitrogens with zero attached hydrogens (tertiary/aromatic N) is 2. The molecule has 0 aliphatic rings. The van der Waals surface area contributed by atoms with Crippen LogP contribution in [0.1, 0.15) is 5.82 Å². The van der Waals surface area contributed by atoms with Crippen LogP contribution in [0.25, 0.3) is 11.3 Å². The molecule has 17 heavy (non-hydrogen) atoms. The molecule has 1 aromatic heterocycles. The van der Waals surface area contributed by atoms with Gasteiger partial charge in [0.1, 0.15) is 6.20 Å². The van der Waals surface area contributed by atoms with E-state index in [9.17, 15) is 0 Å². The van der Waals surface area contributed by atoms with Crippen molar-refractivity contribution in [1.29, 1.82) is 0 Å². The molecule has 1 aromatic carbocycles. The fourth-order valence-corrected chi connectivity index (χ4v) is 1.43. The lowest BCUT2D eigenvalue weighted by atomic mass is 10.2. The van der Waals surface area contributed by atoms with E-state index in [1.807, 2.05) is 12.3 Å². The molecule has 0 radical (unpaired) electrons. The lowest BCUT2D eigenvalue weighted by Gasteiger charge is -1.95. The van der Waals surface area contributed by atoms with Crippen molar-refractivity contribution < 1.29 is 9.65 Å². The maximum absolute atomic E-state index is 8.25. The molecule has 0 aliphatic carbocycles. The second kappa shape index (κ2) is 5.64. The second-order valence-electron chi connectivity index (χ2n) is 3.41. The molecule has 2 aromatic rings. The van der Waals surface area contributed by atoms with Gasteiger partial charge in [-0.1, -0.05) is 30.3 Å². The van der Waals surface area contributed by atoms with E-state index in [1.54, 1.807) is 0 Å². The molecule has 0 saturated heterocycles. The first kappa shape index (κ1) is 12.7. The molecule has 0 amide bonds. The first-order valence-electron chi connectivity index (χ1n) is 4.93. The van der Waals surface area contributed by atoms with Crippen molar-refractivity contribution in [1.82, 2.24) is 4.98 Å². The molecular formula is C11H13N3O3. The summed E-state index contributed by atoms with van der Waals surface area (Å²) in [5.41, 5.74) is 2.47. The highest BCUT2D eigenvalue weighted by molar-refractivity contribution is 5.54. The monoisotopic (exact) mass is 235 g/mol. The van der Waals surface area contributed by atoms with Crippen LogP contribution < -0.4 is 4.57 Å². The standard InChI is InChI=1S/C11H12N2.NO3/c1-9-12-8-11(13(9)2)10-6-4-3-5-7-10;2-1(3)4/h3-8H,1-2H3;/q;-1/p+1. The first-order valence-corrected chi connectivity index (χ1v) is 4.93. The summed E-state index contributed by atoms with van der Waals surface area (Å²) in [6.07, 6.45) is 2.03. The number of hydrogen-bond acceptors (Lipinski definition) is 3. The number of aromatic amines is 1. The molecule has 6 heteroatoms. The van der Waals surface area contributed by atoms with E-state index in [1.165, 1.54) is 17.1 Å². The fourth-order valence-electron chi connectivity index (χ4n) is 1.43. The third kappa shape index (κ3) is 3.60. The minimum Gasteiger partial charge on any atom is -0.356 e. The van der Waals surface area contributed by atoms with Crippen molar-refractivity contribution >= 4 is 0 Å². The van der Waals surface area contributed by atoms with Gasteiger partial charge in [-0.2, -0.15) is 0 Å². The van der Waals surface area contributed by atoms with E-state index in [0.29, 0.717) is 0 Å². The third-order valence-electron chi connectivity index (χ3n) is 2.35. The molecule has 0 aliphatic heterocycles. The molecule has 1 N–H and O–H groups in total. The van der Waals surface area contributed by atoms with Crippen LogP contribution in [0.15, 0.2) is 36.5 Å². The summed E-state index contributed by atoms with van der Waals surface area (Å²) < 4.78 is 2.15. The van der Waals surface area contributed by atoms with Crippen LogP contribution in [0, 0.1) is 22.2 Å². The molecule has 0 spiro atoms. The maximum Gasteiger partial charge on any atom is 0.251 e. The number of rotatable bonds is 1. The zero-order valence-corrected chi connectivity index (χ0v) is 9.58. The Bertz CT molecular complexity index is 490. The SMILES string of the molecule is Cc1[nH]cc(-c2ccccc2)[n+]1C.O=[N+]([O-])[O-]. The van der Waals surface area contributed by atoms with E-state index < -0.39 is 5.09 Å². The first-order chi connectivity index (χ1) is 8.02. The summed E-state index contributed by atoms with van der Waals surface area (Å²) in [7, 11) is 2.06. The Labute approximate surface area is 98.3 Å². The third-order valence-corrected chi connectivity index (χ3v) is 2.35. The van der Waals surface area contributed by atoms with Crippen molar-refractivity contribution in [3.63, 3.8) is 0 Å². The number of hydrogen-bond donors (Lipinski definition) is 1. The van der Waals surface area contributed by atoms with Gasteiger partial charge in [-0.25, -0.2) is 9.55 Å². The number of aryl methyl sites for hydroxylation is 1. The van der Waals surface area contributed by atoms with Gasteiger partial charge in [-0.05, 0) is 0 Å². The molecule has 2 rings (SSSR count). The normalized spacial score (nSPS) is 9.29. The van der Waals surface area contributed by atoms with E-state index >= 15 is 0 Å². The van der Waals surface area contributed by atoms with Crippen molar-refractivity contribution in [2.45, 2.75) is 6.92 Å². The topological polar surface area (TPSA) is 85.9 Å². The number of aromatic nitrogens is 2. The average Bonchev–Trinajstić information content (AvgIpc) is 2.60. The molecule has 0 saturated carbocycles. The van der Waals surface area contributed by atoms with Gasteiger partial charge in [0, 0.05) is 12.5 Å². The lowest BCUT2D eigenvalue weighted by Crippen LogP contribution is -2.31. The Kier molecular flexibility index (Phi) is 4.21. The number of H-pyrrole nitrogens is 1. The van der Waals surface area contributed by atoms with Crippen LogP contribution in [-0.2, 0) is 7.05 Å². The quantitative estimate of drug-likeness (QED) is 0.462. The Morgan fingerprint density at radius 3 is 2.18 bits per heavy atom. The summed E-state index contributed by atoms with van der Waals surface area (Å²) in [5.74, 6) is 1.17. The van der Waals surface area contributed by atoms with Crippen molar-refractivity contribution in [2.75, 3.05) is 0 Å². The van der Waals surface area contributed by atoms with Gasteiger partial charge in [-0.3, -0.25) is 0 Å². The number of imidazole rings is 1. The zero-order valence-electron chi connectivity index (χ0n) is 9.58. The Morgan fingerprint density at radius 2 is 1.76 bits per heavy atom. The Morgan fingerprint density at radius 1 is 1.24 bits per heavy atom. The van der Waals surface area contributed by atoms with Gasteiger partial charge in [0.2, 0.25) is 0 Å². The van der Waals surface area contributed by atoms with Crippen LogP contribution in [0.3, 0.4) is 0 Å². The van der Waals surface area contributed by atoms with Gasteiger partial charge >= 0.3 is 0 Å². The lowest BCUT2D eigenvalue weighted by molar-refractivity contribution is -0.665. The Balaban J connectivity index is 0.000000317. The van der Waals surface area contributed by atoms with Crippen molar-refractivity contribution in [3.8, 4) is 11.3 Å². The van der Waals surface area contributed by atoms with Crippen LogP contribution in [0.2, 0.25) is 0 Å². The van der Waals surface area contributed by atoms with Gasteiger partial charge < -0.3 is 15.3 Å². The highest BCUT2D eigenvalue weighted by atomic mass is 16.9. The molecule has 0 bridgehead atoms. The van der Waals surface area contributed by atoms with Gasteiger partial charge in [-0.15, -0.1) is 0 Å². The van der Waals surface area contributed by atoms with Crippen LogP contribution in [-0.4, -0.2) is 10.1 Å². The van der Waals surface area contributed by atoms with E-state index in [4.69, 9.17) is 15.3 Å². The van der Waals surface area contributed by atoms with E-state index in [-0.39, 0.29) is 0 Å². The predicted octanol–water partition coefficient (Wildman–Crippen LogP) is 1.58. The highest BCUT2D eigenvalue weighted by Gasteiger charge is 2.10. The summed E-state index contributed by atoms with van der Waals surface area (Å²) in [6.45, 7) is 2.06. The molecule has 6 nitrogen and oxygen atoms in total. The van der Waals surface area contributed by atoms with Crippen molar-refractivity contribution in [3.05, 3.63) is 57.7 Å². The number of benzene rings is 1. The van der Waals surface area contributed by atoms with Gasteiger partial charge in [0.05, 0.1) is 12.1 Å². The van der Waals surface area contributed by atoms with Crippen LogP contribution >= 0.6 is 0 Å². The van der Waals surface area contributed by atoms with E-state index in [2.05, 4.69) is 47.8 Å². The number of nitrogens with one attached hydrogen (secondary N) is 1. The summed E-state index contributed by atoms with van der Waals surface area (Å²) in [6, 6.07) is 10.4. The van der Waals surface area contributed by atoms with Gasteiger partial charge in [0.15, 0.2) is 5.69 Å². The predicted molar refractivity (Wildman–Crippen MR) is 62.5 cm³/mol. The minimum atomic E-state index is -1.75. The van der Waals surface area contributed by atoms with E-state index in [0.717, 1.165) is 0 Å².